The second kappa shape index (κ2) is 13.0. The van der Waals surface area contributed by atoms with E-state index >= 15 is 0 Å². The van der Waals surface area contributed by atoms with Crippen molar-refractivity contribution in [2.24, 2.45) is 0 Å². The summed E-state index contributed by atoms with van der Waals surface area (Å²) in [7, 11) is 3.32. The van der Waals surface area contributed by atoms with Crippen LogP contribution in [0.2, 0.25) is 0 Å². The first-order valence-corrected chi connectivity index (χ1v) is 15.8. The van der Waals surface area contributed by atoms with Gasteiger partial charge >= 0.3 is 0 Å². The lowest BCUT2D eigenvalue weighted by Gasteiger charge is -2.37. The number of hydrogen-bond donors (Lipinski definition) is 1. The third-order valence-electron chi connectivity index (χ3n) is 9.52. The zero-order chi connectivity index (χ0) is 29.9. The van der Waals surface area contributed by atoms with Gasteiger partial charge in [0.15, 0.2) is 11.5 Å². The molecule has 6 rings (SSSR count). The smallest absolute Gasteiger partial charge is 0.251 e. The topological polar surface area (TPSA) is 87.3 Å². The third kappa shape index (κ3) is 6.10. The van der Waals surface area contributed by atoms with E-state index in [-0.39, 0.29) is 17.9 Å². The molecule has 4 heterocycles. The highest BCUT2D eigenvalue weighted by atomic mass is 16.5. The molecule has 1 unspecified atom stereocenters. The number of benzene rings is 2. The van der Waals surface area contributed by atoms with E-state index in [4.69, 9.17) is 14.2 Å². The Morgan fingerprint density at radius 2 is 1.67 bits per heavy atom. The average molecular weight is 589 g/mol. The van der Waals surface area contributed by atoms with Gasteiger partial charge in [-0.25, -0.2) is 0 Å². The molecule has 3 saturated heterocycles. The van der Waals surface area contributed by atoms with Crippen molar-refractivity contribution in [1.29, 1.82) is 0 Å². The number of H-pyrrole nitrogens is 1. The molecule has 1 atom stereocenters. The van der Waals surface area contributed by atoms with E-state index in [0.717, 1.165) is 86.6 Å². The van der Waals surface area contributed by atoms with Gasteiger partial charge in [0.05, 0.1) is 20.8 Å². The number of aromatic nitrogens is 1. The van der Waals surface area contributed by atoms with Crippen molar-refractivity contribution < 1.29 is 23.8 Å². The number of likely N-dealkylation sites (tertiary alicyclic amines) is 1. The number of amides is 2. The summed E-state index contributed by atoms with van der Waals surface area (Å²) in [5, 5.41) is 1.26. The van der Waals surface area contributed by atoms with Crippen molar-refractivity contribution in [2.75, 3.05) is 66.6 Å². The largest absolute Gasteiger partial charge is 0.493 e. The van der Waals surface area contributed by atoms with Crippen LogP contribution < -0.4 is 9.47 Å². The third-order valence-corrected chi connectivity index (χ3v) is 9.52. The molecule has 9 nitrogen and oxygen atoms in total. The Morgan fingerprint density at radius 1 is 0.907 bits per heavy atom. The number of piperidine rings is 1. The molecular formula is C34H44N4O5. The summed E-state index contributed by atoms with van der Waals surface area (Å²) in [6.07, 6.45) is 4.37. The molecule has 0 aliphatic carbocycles. The Balaban J connectivity index is 1.06. The molecule has 9 heteroatoms. The van der Waals surface area contributed by atoms with Crippen LogP contribution in [0.4, 0.5) is 0 Å². The summed E-state index contributed by atoms with van der Waals surface area (Å²) in [5.41, 5.74) is 5.98. The van der Waals surface area contributed by atoms with Crippen LogP contribution >= 0.6 is 0 Å². The normalized spacial score (nSPS) is 20.1. The van der Waals surface area contributed by atoms with Gasteiger partial charge in [0, 0.05) is 68.0 Å². The van der Waals surface area contributed by atoms with Crippen LogP contribution in [0.25, 0.3) is 22.2 Å². The van der Waals surface area contributed by atoms with E-state index in [0.29, 0.717) is 32.2 Å². The first-order chi connectivity index (χ1) is 21.0. The maximum absolute atomic E-state index is 13.2. The van der Waals surface area contributed by atoms with Crippen molar-refractivity contribution >= 4 is 22.7 Å². The first kappa shape index (κ1) is 29.5. The zero-order valence-electron chi connectivity index (χ0n) is 25.7. The minimum Gasteiger partial charge on any atom is -0.493 e. The van der Waals surface area contributed by atoms with E-state index in [9.17, 15) is 9.59 Å². The van der Waals surface area contributed by atoms with E-state index < -0.39 is 0 Å². The Labute approximate surface area is 254 Å². The van der Waals surface area contributed by atoms with Gasteiger partial charge in [-0.3, -0.25) is 14.5 Å². The fourth-order valence-electron chi connectivity index (χ4n) is 6.98. The minimum atomic E-state index is -0.263. The second-order valence-electron chi connectivity index (χ2n) is 12.0. The summed E-state index contributed by atoms with van der Waals surface area (Å²) in [4.78, 5) is 35.6. The van der Waals surface area contributed by atoms with E-state index in [1.807, 2.05) is 21.9 Å². The number of methoxy groups -OCH3 is 2. The molecule has 3 fully saturated rings. The van der Waals surface area contributed by atoms with Crippen molar-refractivity contribution in [3.8, 4) is 22.8 Å². The van der Waals surface area contributed by atoms with Crippen molar-refractivity contribution in [3.63, 3.8) is 0 Å². The number of piperazine rings is 1. The predicted molar refractivity (Wildman–Crippen MR) is 167 cm³/mol. The predicted octanol–water partition coefficient (Wildman–Crippen LogP) is 4.44. The molecule has 43 heavy (non-hydrogen) atoms. The Bertz CT molecular complexity index is 1450. The van der Waals surface area contributed by atoms with Gasteiger partial charge in [0.2, 0.25) is 5.91 Å². The van der Waals surface area contributed by atoms with E-state index in [1.165, 1.54) is 16.5 Å². The average Bonchev–Trinajstić information content (AvgIpc) is 3.73. The summed E-state index contributed by atoms with van der Waals surface area (Å²) in [5.74, 6) is 2.19. The lowest BCUT2D eigenvalue weighted by molar-refractivity contribution is -0.143. The number of hydrogen-bond acceptors (Lipinski definition) is 6. The molecule has 0 spiro atoms. The van der Waals surface area contributed by atoms with Gasteiger partial charge in [0.25, 0.3) is 5.91 Å². The second-order valence-corrected chi connectivity index (χ2v) is 12.0. The number of carbonyl (C=O) groups is 2. The maximum atomic E-state index is 13.2. The van der Waals surface area contributed by atoms with Gasteiger partial charge in [-0.05, 0) is 79.5 Å². The molecule has 2 amide bonds. The molecule has 2 aromatic carbocycles. The molecule has 1 aromatic heterocycles. The van der Waals surface area contributed by atoms with Gasteiger partial charge in [0.1, 0.15) is 6.10 Å². The highest BCUT2D eigenvalue weighted by Gasteiger charge is 2.32. The fraction of sp³-hybridized carbons (Fsp3) is 0.529. The first-order valence-electron chi connectivity index (χ1n) is 15.8. The van der Waals surface area contributed by atoms with Gasteiger partial charge in [-0.1, -0.05) is 13.0 Å². The van der Waals surface area contributed by atoms with E-state index in [1.54, 1.807) is 14.2 Å². The van der Waals surface area contributed by atoms with Crippen LogP contribution in [-0.4, -0.2) is 104 Å². The zero-order valence-corrected chi connectivity index (χ0v) is 25.7. The van der Waals surface area contributed by atoms with Crippen LogP contribution in [0.5, 0.6) is 11.5 Å². The van der Waals surface area contributed by atoms with Gasteiger partial charge < -0.3 is 29.0 Å². The lowest BCUT2D eigenvalue weighted by Crippen LogP contribution is -2.53. The Morgan fingerprint density at radius 3 is 2.35 bits per heavy atom. The minimum absolute atomic E-state index is 0.117. The molecule has 0 radical (unpaired) electrons. The van der Waals surface area contributed by atoms with Gasteiger partial charge in [-0.15, -0.1) is 0 Å². The van der Waals surface area contributed by atoms with Gasteiger partial charge in [-0.2, -0.15) is 0 Å². The van der Waals surface area contributed by atoms with Crippen LogP contribution in [0.1, 0.15) is 49.7 Å². The molecule has 0 bridgehead atoms. The van der Waals surface area contributed by atoms with Crippen LogP contribution in [0.15, 0.2) is 36.4 Å². The summed E-state index contributed by atoms with van der Waals surface area (Å²) < 4.78 is 16.6. The quantitative estimate of drug-likeness (QED) is 0.419. The molecule has 3 aromatic rings. The number of ether oxygens (including phenoxy) is 3. The van der Waals surface area contributed by atoms with E-state index in [2.05, 4.69) is 41.1 Å². The highest BCUT2D eigenvalue weighted by molar-refractivity contribution is 5.91. The number of aryl methyl sites for hydroxylation is 1. The fourth-order valence-corrected chi connectivity index (χ4v) is 6.98. The number of carbonyl (C=O) groups excluding carboxylic acids is 2. The number of nitrogens with zero attached hydrogens (tertiary/aromatic N) is 3. The Hall–Kier alpha value is -3.56. The standard InChI is InChI=1S/C34H44N4O5/c1-4-26-27-20-24(7-9-28(27)35-33(26)25-8-10-29(41-2)31(21-25)42-3)23-11-13-37(14-12-23)32(39)22-36-15-17-38(18-16-36)34(40)30-6-5-19-43-30/h7-10,20-21,23,30,35H,4-6,11-19,22H2,1-3H3. The summed E-state index contributed by atoms with van der Waals surface area (Å²) in [6.45, 7) is 7.69. The monoisotopic (exact) mass is 588 g/mol. The SMILES string of the molecule is CCc1c(-c2ccc(OC)c(OC)c2)[nH]c2ccc(C3CCN(C(=O)CN4CCN(C(=O)C5CCCO5)CC4)CC3)cc12. The number of nitrogens with one attached hydrogen (secondary N) is 1. The molecule has 1 N–H and O–H groups in total. The van der Waals surface area contributed by atoms with Crippen LogP contribution in [-0.2, 0) is 20.7 Å². The Kier molecular flexibility index (Phi) is 8.90. The molecule has 3 aliphatic rings. The highest BCUT2D eigenvalue weighted by Crippen LogP contribution is 2.38. The molecule has 230 valence electrons. The summed E-state index contributed by atoms with van der Waals surface area (Å²) in [6, 6.07) is 12.9. The summed E-state index contributed by atoms with van der Waals surface area (Å²) >= 11 is 0. The van der Waals surface area contributed by atoms with Crippen LogP contribution in [0.3, 0.4) is 0 Å². The number of aromatic amines is 1. The molecular weight excluding hydrogens is 544 g/mol. The van der Waals surface area contributed by atoms with Crippen molar-refractivity contribution in [3.05, 3.63) is 47.5 Å². The lowest BCUT2D eigenvalue weighted by atomic mass is 9.88. The number of rotatable bonds is 8. The molecule has 3 aliphatic heterocycles. The molecule has 0 saturated carbocycles. The van der Waals surface area contributed by atoms with Crippen LogP contribution in [0, 0.1) is 0 Å². The van der Waals surface area contributed by atoms with Crippen molar-refractivity contribution in [1.82, 2.24) is 19.7 Å². The maximum Gasteiger partial charge on any atom is 0.251 e. The number of fused-ring (bicyclic) bond motifs is 1. The van der Waals surface area contributed by atoms with Crippen molar-refractivity contribution in [2.45, 2.75) is 51.0 Å².